The molecule has 114 valence electrons. The molecule has 1 amide bonds. The Morgan fingerprint density at radius 2 is 2.29 bits per heavy atom. The first kappa shape index (κ1) is 14.9. The van der Waals surface area contributed by atoms with Crippen LogP contribution in [0.4, 0.5) is 5.82 Å². The number of amides is 1. The summed E-state index contributed by atoms with van der Waals surface area (Å²) in [5.41, 5.74) is -0.883. The monoisotopic (exact) mass is 296 g/mol. The smallest absolute Gasteiger partial charge is 0.389 e. The molecule has 0 bridgehead atoms. The maximum atomic E-state index is 12.1. The van der Waals surface area contributed by atoms with E-state index in [1.165, 1.54) is 21.8 Å². The number of carboxylic acids is 1. The number of nitrogens with zero attached hydrogens (tertiary/aromatic N) is 4. The van der Waals surface area contributed by atoms with Gasteiger partial charge in [-0.1, -0.05) is 6.92 Å². The molecule has 21 heavy (non-hydrogen) atoms. The maximum Gasteiger partial charge on any atom is 0.389 e. The zero-order valence-electron chi connectivity index (χ0n) is 11.6. The van der Waals surface area contributed by atoms with E-state index < -0.39 is 16.3 Å². The largest absolute Gasteiger partial charge is 0.481 e. The van der Waals surface area contributed by atoms with E-state index in [4.69, 9.17) is 0 Å². The van der Waals surface area contributed by atoms with Gasteiger partial charge in [-0.3, -0.25) is 9.59 Å². The highest BCUT2D eigenvalue weighted by Gasteiger charge is 2.44. The molecule has 9 heteroatoms. The first-order valence-electron chi connectivity index (χ1n) is 6.57. The summed E-state index contributed by atoms with van der Waals surface area (Å²) in [6, 6.07) is 1.21. The van der Waals surface area contributed by atoms with Gasteiger partial charge in [-0.05, 0) is 17.8 Å². The van der Waals surface area contributed by atoms with Crippen LogP contribution < -0.4 is 0 Å². The quantitative estimate of drug-likeness (QED) is 0.624. The van der Waals surface area contributed by atoms with Gasteiger partial charge in [0.2, 0.25) is 5.91 Å². The summed E-state index contributed by atoms with van der Waals surface area (Å²) >= 11 is 0. The zero-order chi connectivity index (χ0) is 15.6. The van der Waals surface area contributed by atoms with Crippen molar-refractivity contribution in [2.75, 3.05) is 13.1 Å². The predicted octanol–water partition coefficient (Wildman–Crippen LogP) is 0.505. The summed E-state index contributed by atoms with van der Waals surface area (Å²) in [5.74, 6) is -1.50. The molecule has 1 aromatic heterocycles. The number of carbonyl (C=O) groups excluding carboxylic acids is 1. The Hall–Kier alpha value is -2.45. The molecule has 1 saturated heterocycles. The van der Waals surface area contributed by atoms with E-state index >= 15 is 0 Å². The number of hydrogen-bond acceptors (Lipinski definition) is 5. The van der Waals surface area contributed by atoms with Crippen LogP contribution in [0.15, 0.2) is 12.3 Å². The van der Waals surface area contributed by atoms with Gasteiger partial charge >= 0.3 is 11.8 Å². The van der Waals surface area contributed by atoms with E-state index in [0.717, 1.165) is 0 Å². The minimum absolute atomic E-state index is 0.132. The lowest BCUT2D eigenvalue weighted by Gasteiger charge is -2.22. The lowest BCUT2D eigenvalue weighted by Crippen LogP contribution is -2.37. The highest BCUT2D eigenvalue weighted by molar-refractivity contribution is 5.80. The molecule has 0 spiro atoms. The third-order valence-corrected chi connectivity index (χ3v) is 3.95. The minimum atomic E-state index is -0.893. The molecular formula is C12H16N4O5. The molecule has 0 radical (unpaired) electrons. The Kier molecular flexibility index (Phi) is 3.92. The third-order valence-electron chi connectivity index (χ3n) is 3.95. The summed E-state index contributed by atoms with van der Waals surface area (Å²) in [6.07, 6.45) is 2.24. The molecule has 0 aromatic carbocycles. The predicted molar refractivity (Wildman–Crippen MR) is 70.4 cm³/mol. The number of likely N-dealkylation sites (tertiary alicyclic amines) is 1. The SMILES string of the molecule is CCC1(C(=O)O)CCN(C(=O)Cn2ccc([N+](=O)[O-])n2)C1. The summed E-state index contributed by atoms with van der Waals surface area (Å²) < 4.78 is 1.19. The first-order chi connectivity index (χ1) is 9.88. The van der Waals surface area contributed by atoms with E-state index in [0.29, 0.717) is 19.4 Å². The summed E-state index contributed by atoms with van der Waals surface area (Å²) in [7, 11) is 0. The number of hydrogen-bond donors (Lipinski definition) is 1. The number of nitro groups is 1. The molecule has 1 aliphatic heterocycles. The second kappa shape index (κ2) is 5.51. The van der Waals surface area contributed by atoms with Gasteiger partial charge in [0.05, 0.1) is 22.8 Å². The van der Waals surface area contributed by atoms with Crippen LogP contribution in [-0.4, -0.2) is 49.7 Å². The Labute approximate surface area is 120 Å². The molecule has 2 rings (SSSR count). The Balaban J connectivity index is 2.01. The lowest BCUT2D eigenvalue weighted by atomic mass is 9.84. The maximum absolute atomic E-state index is 12.1. The number of aliphatic carboxylic acids is 1. The van der Waals surface area contributed by atoms with E-state index in [9.17, 15) is 24.8 Å². The van der Waals surface area contributed by atoms with Gasteiger partial charge in [-0.2, -0.15) is 4.68 Å². The van der Waals surface area contributed by atoms with Gasteiger partial charge in [-0.15, -0.1) is 0 Å². The van der Waals surface area contributed by atoms with E-state index in [2.05, 4.69) is 5.10 Å². The molecule has 2 heterocycles. The average molecular weight is 296 g/mol. The zero-order valence-corrected chi connectivity index (χ0v) is 11.6. The van der Waals surface area contributed by atoms with Gasteiger partial charge in [0.25, 0.3) is 0 Å². The highest BCUT2D eigenvalue weighted by Crippen LogP contribution is 2.34. The highest BCUT2D eigenvalue weighted by atomic mass is 16.6. The molecule has 0 saturated carbocycles. The topological polar surface area (TPSA) is 119 Å². The molecule has 1 atom stereocenters. The van der Waals surface area contributed by atoms with Gasteiger partial charge < -0.3 is 20.1 Å². The second-order valence-corrected chi connectivity index (χ2v) is 5.13. The van der Waals surface area contributed by atoms with Crippen LogP contribution in [0.25, 0.3) is 0 Å². The van der Waals surface area contributed by atoms with E-state index in [1.54, 1.807) is 6.92 Å². The van der Waals surface area contributed by atoms with Crippen molar-refractivity contribution in [3.05, 3.63) is 22.4 Å². The van der Waals surface area contributed by atoms with Crippen molar-refractivity contribution in [2.24, 2.45) is 5.41 Å². The minimum Gasteiger partial charge on any atom is -0.481 e. The lowest BCUT2D eigenvalue weighted by molar-refractivity contribution is -0.389. The van der Waals surface area contributed by atoms with Crippen LogP contribution >= 0.6 is 0 Å². The van der Waals surface area contributed by atoms with E-state index in [-0.39, 0.29) is 24.8 Å². The number of carbonyl (C=O) groups is 2. The molecule has 1 aliphatic rings. The van der Waals surface area contributed by atoms with Gasteiger partial charge in [0, 0.05) is 13.1 Å². The van der Waals surface area contributed by atoms with Crippen molar-refractivity contribution >= 4 is 17.7 Å². The number of carboxylic acid groups (broad SMARTS) is 1. The summed E-state index contributed by atoms with van der Waals surface area (Å²) in [4.78, 5) is 34.8. The van der Waals surface area contributed by atoms with Crippen molar-refractivity contribution in [2.45, 2.75) is 26.3 Å². The molecule has 1 aromatic rings. The Morgan fingerprint density at radius 1 is 1.57 bits per heavy atom. The second-order valence-electron chi connectivity index (χ2n) is 5.13. The number of rotatable bonds is 5. The fourth-order valence-electron chi connectivity index (χ4n) is 2.47. The van der Waals surface area contributed by atoms with Gasteiger partial charge in [0.1, 0.15) is 6.54 Å². The Morgan fingerprint density at radius 3 is 2.76 bits per heavy atom. The first-order valence-corrected chi connectivity index (χ1v) is 6.57. The molecule has 0 aliphatic carbocycles. The molecule has 1 N–H and O–H groups in total. The van der Waals surface area contributed by atoms with Crippen LogP contribution in [0, 0.1) is 15.5 Å². The Bertz CT molecular complexity index is 584. The summed E-state index contributed by atoms with van der Waals surface area (Å²) in [6.45, 7) is 2.20. The summed E-state index contributed by atoms with van der Waals surface area (Å²) in [5, 5.41) is 23.5. The van der Waals surface area contributed by atoms with Crippen molar-refractivity contribution < 1.29 is 19.6 Å². The normalized spacial score (nSPS) is 21.5. The average Bonchev–Trinajstić information content (AvgIpc) is 3.05. The molecule has 1 fully saturated rings. The van der Waals surface area contributed by atoms with Crippen LogP contribution in [0.5, 0.6) is 0 Å². The number of aromatic nitrogens is 2. The third kappa shape index (κ3) is 2.86. The van der Waals surface area contributed by atoms with Gasteiger partial charge in [-0.25, -0.2) is 0 Å². The van der Waals surface area contributed by atoms with Gasteiger partial charge in [0.15, 0.2) is 0 Å². The van der Waals surface area contributed by atoms with Crippen LogP contribution in [0.2, 0.25) is 0 Å². The van der Waals surface area contributed by atoms with Crippen molar-refractivity contribution in [3.63, 3.8) is 0 Å². The molecule has 1 unspecified atom stereocenters. The van der Waals surface area contributed by atoms with E-state index in [1.807, 2.05) is 0 Å². The standard InChI is InChI=1S/C12H16N4O5/c1-2-12(11(18)19)4-6-14(8-12)10(17)7-15-5-3-9(13-15)16(20)21/h3,5H,2,4,6-8H2,1H3,(H,18,19). The van der Waals surface area contributed by atoms with Crippen molar-refractivity contribution in [1.82, 2.24) is 14.7 Å². The molecule has 9 nitrogen and oxygen atoms in total. The van der Waals surface area contributed by atoms with Crippen LogP contribution in [0.3, 0.4) is 0 Å². The van der Waals surface area contributed by atoms with Crippen molar-refractivity contribution in [1.29, 1.82) is 0 Å². The fraction of sp³-hybridized carbons (Fsp3) is 0.583. The van der Waals surface area contributed by atoms with Crippen molar-refractivity contribution in [3.8, 4) is 0 Å². The fourth-order valence-corrected chi connectivity index (χ4v) is 2.47. The van der Waals surface area contributed by atoms with Crippen LogP contribution in [-0.2, 0) is 16.1 Å². The van der Waals surface area contributed by atoms with Crippen LogP contribution in [0.1, 0.15) is 19.8 Å². The molecular weight excluding hydrogens is 280 g/mol.